The maximum Gasteiger partial charge on any atom is 0.258 e. The topological polar surface area (TPSA) is 65.9 Å². The van der Waals surface area contributed by atoms with Crippen molar-refractivity contribution in [2.75, 3.05) is 5.32 Å². The summed E-state index contributed by atoms with van der Waals surface area (Å²) < 4.78 is 26.5. The summed E-state index contributed by atoms with van der Waals surface area (Å²) in [6.07, 6.45) is 0. The number of amides is 1. The van der Waals surface area contributed by atoms with Crippen molar-refractivity contribution in [3.05, 3.63) is 59.7 Å². The summed E-state index contributed by atoms with van der Waals surface area (Å²) in [6, 6.07) is 8.87. The van der Waals surface area contributed by atoms with Gasteiger partial charge in [-0.05, 0) is 24.3 Å². The van der Waals surface area contributed by atoms with Crippen LogP contribution in [0.25, 0.3) is 0 Å². The van der Waals surface area contributed by atoms with Gasteiger partial charge in [-0.1, -0.05) is 6.07 Å². The van der Waals surface area contributed by atoms with Crippen LogP contribution in [0.4, 0.5) is 20.2 Å². The van der Waals surface area contributed by atoms with Gasteiger partial charge in [-0.25, -0.2) is 14.0 Å². The van der Waals surface area contributed by atoms with Crippen molar-refractivity contribution in [1.82, 2.24) is 0 Å². The molecule has 0 radical (unpaired) electrons. The van der Waals surface area contributed by atoms with Crippen LogP contribution in [0.3, 0.4) is 0 Å². The number of anilines is 1. The number of nitrogens with one attached hydrogen (secondary N) is 1. The molecule has 4 N–H and O–H groups in total. The average Bonchev–Trinajstić information content (AvgIpc) is 2.39. The van der Waals surface area contributed by atoms with Gasteiger partial charge in [0.05, 0.1) is 5.56 Å². The number of quaternary nitrogens is 1. The fourth-order valence-electron chi connectivity index (χ4n) is 1.56. The summed E-state index contributed by atoms with van der Waals surface area (Å²) in [4.78, 5) is 11.8. The Morgan fingerprint density at radius 1 is 1.16 bits per heavy atom. The number of benzene rings is 2. The third-order valence-electron chi connectivity index (χ3n) is 2.47. The molecule has 0 atom stereocenters. The van der Waals surface area contributed by atoms with E-state index >= 15 is 0 Å². The van der Waals surface area contributed by atoms with Gasteiger partial charge in [-0.15, -0.1) is 0 Å². The van der Waals surface area contributed by atoms with Gasteiger partial charge in [0.2, 0.25) is 0 Å². The van der Waals surface area contributed by atoms with E-state index in [2.05, 4.69) is 5.32 Å². The molecule has 0 aliphatic rings. The molecule has 0 aliphatic heterocycles. The van der Waals surface area contributed by atoms with Gasteiger partial charge in [0.1, 0.15) is 11.6 Å². The molecule has 2 rings (SSSR count). The lowest BCUT2D eigenvalue weighted by molar-refractivity contribution is -0.825. The smallest absolute Gasteiger partial charge is 0.258 e. The molecule has 0 saturated heterocycles. The zero-order valence-corrected chi connectivity index (χ0v) is 9.73. The predicted molar refractivity (Wildman–Crippen MR) is 64.1 cm³/mol. The second-order valence-corrected chi connectivity index (χ2v) is 3.83. The van der Waals surface area contributed by atoms with E-state index in [1.807, 2.05) is 0 Å². The van der Waals surface area contributed by atoms with Crippen LogP contribution in [0.5, 0.6) is 0 Å². The molecule has 1 amide bonds. The van der Waals surface area contributed by atoms with E-state index in [0.29, 0.717) is 5.69 Å². The number of hydrogen-bond donors (Lipinski definition) is 3. The first-order chi connectivity index (χ1) is 9.10. The first kappa shape index (κ1) is 13.1. The molecular formula is C13H11F2N2O2+. The highest BCUT2D eigenvalue weighted by molar-refractivity contribution is 6.04. The quantitative estimate of drug-likeness (QED) is 0.585. The Kier molecular flexibility index (Phi) is 3.84. The van der Waals surface area contributed by atoms with E-state index in [-0.39, 0.29) is 11.3 Å². The highest BCUT2D eigenvalue weighted by atomic mass is 19.1. The number of hydrogen-bond acceptors (Lipinski definition) is 2. The van der Waals surface area contributed by atoms with E-state index in [0.717, 1.165) is 17.6 Å². The van der Waals surface area contributed by atoms with E-state index < -0.39 is 17.5 Å². The number of carbonyl (C=O) groups is 1. The Hall–Kier alpha value is -2.31. The van der Waals surface area contributed by atoms with Gasteiger partial charge in [-0.2, -0.15) is 5.48 Å². The van der Waals surface area contributed by atoms with Crippen LogP contribution < -0.4 is 10.8 Å². The lowest BCUT2D eigenvalue weighted by Crippen LogP contribution is -2.73. The van der Waals surface area contributed by atoms with Crippen molar-refractivity contribution < 1.29 is 24.3 Å². The minimum Gasteiger partial charge on any atom is -0.322 e. The monoisotopic (exact) mass is 265 g/mol. The number of halogens is 2. The summed E-state index contributed by atoms with van der Waals surface area (Å²) >= 11 is 0. The van der Waals surface area contributed by atoms with Crippen molar-refractivity contribution in [3.8, 4) is 0 Å². The molecule has 0 saturated carbocycles. The zero-order valence-electron chi connectivity index (χ0n) is 9.73. The molecule has 0 aromatic heterocycles. The number of nitrogens with two attached hydrogens (primary N) is 1. The minimum absolute atomic E-state index is 0.225. The van der Waals surface area contributed by atoms with Crippen LogP contribution in [0.2, 0.25) is 0 Å². The minimum atomic E-state index is -0.723. The van der Waals surface area contributed by atoms with Crippen LogP contribution in [0, 0.1) is 11.6 Å². The molecule has 98 valence electrons. The average molecular weight is 265 g/mol. The number of carbonyl (C=O) groups excluding carboxylic acids is 1. The van der Waals surface area contributed by atoms with Crippen molar-refractivity contribution in [1.29, 1.82) is 0 Å². The molecule has 0 bridgehead atoms. The van der Waals surface area contributed by atoms with Gasteiger partial charge < -0.3 is 5.32 Å². The third kappa shape index (κ3) is 3.12. The Labute approximate surface area is 107 Å². The standard InChI is InChI=1S/C13H10F2N2O2/c14-8-2-1-3-9(6-8)16-13(18)11-7-10(17-19)4-5-12(11)15/h1-7,17,19H,(H,16,18)/p+1. The summed E-state index contributed by atoms with van der Waals surface area (Å²) in [7, 11) is 0. The molecule has 0 spiro atoms. The SMILES string of the molecule is O=C(Nc1cccc(F)c1)c1cc([NH2+]O)ccc1F. The fourth-order valence-corrected chi connectivity index (χ4v) is 1.56. The van der Waals surface area contributed by atoms with Gasteiger partial charge in [0.25, 0.3) is 5.91 Å². The lowest BCUT2D eigenvalue weighted by Gasteiger charge is -2.06. The third-order valence-corrected chi connectivity index (χ3v) is 2.47. The Morgan fingerprint density at radius 3 is 2.63 bits per heavy atom. The molecule has 4 nitrogen and oxygen atoms in total. The van der Waals surface area contributed by atoms with Crippen LogP contribution >= 0.6 is 0 Å². The van der Waals surface area contributed by atoms with Crippen molar-refractivity contribution in [2.24, 2.45) is 0 Å². The molecule has 19 heavy (non-hydrogen) atoms. The van der Waals surface area contributed by atoms with E-state index in [9.17, 15) is 13.6 Å². The van der Waals surface area contributed by atoms with Crippen LogP contribution in [0.15, 0.2) is 42.5 Å². The van der Waals surface area contributed by atoms with Gasteiger partial charge in [0, 0.05) is 17.8 Å². The summed E-state index contributed by atoms with van der Waals surface area (Å²) in [6.45, 7) is 0. The van der Waals surface area contributed by atoms with Crippen molar-refractivity contribution in [2.45, 2.75) is 0 Å². The molecule has 0 heterocycles. The van der Waals surface area contributed by atoms with Crippen LogP contribution in [-0.4, -0.2) is 11.1 Å². The van der Waals surface area contributed by atoms with Crippen LogP contribution in [0.1, 0.15) is 10.4 Å². The molecule has 2 aromatic carbocycles. The van der Waals surface area contributed by atoms with Crippen molar-refractivity contribution >= 4 is 17.3 Å². The van der Waals surface area contributed by atoms with Crippen molar-refractivity contribution in [3.63, 3.8) is 0 Å². The molecule has 0 fully saturated rings. The molecule has 2 aromatic rings. The summed E-state index contributed by atoms with van der Waals surface area (Å²) in [5.74, 6) is -1.94. The first-order valence-electron chi connectivity index (χ1n) is 5.44. The van der Waals surface area contributed by atoms with Gasteiger partial charge >= 0.3 is 0 Å². The fraction of sp³-hybridized carbons (Fsp3) is 0. The van der Waals surface area contributed by atoms with Crippen LogP contribution in [-0.2, 0) is 0 Å². The van der Waals surface area contributed by atoms with Gasteiger partial charge in [-0.3, -0.25) is 4.79 Å². The molecule has 6 heteroatoms. The predicted octanol–water partition coefficient (Wildman–Crippen LogP) is 1.80. The molecule has 0 aliphatic carbocycles. The van der Waals surface area contributed by atoms with Gasteiger partial charge in [0.15, 0.2) is 5.69 Å². The Balaban J connectivity index is 2.25. The molecular weight excluding hydrogens is 254 g/mol. The Bertz CT molecular complexity index is 617. The lowest BCUT2D eigenvalue weighted by atomic mass is 10.1. The summed E-state index contributed by atoms with van der Waals surface area (Å²) in [5.41, 5.74) is 1.05. The second-order valence-electron chi connectivity index (χ2n) is 3.83. The normalized spacial score (nSPS) is 10.3. The largest absolute Gasteiger partial charge is 0.322 e. The number of rotatable bonds is 3. The maximum atomic E-state index is 13.5. The highest BCUT2D eigenvalue weighted by Gasteiger charge is 2.14. The maximum absolute atomic E-state index is 13.5. The zero-order chi connectivity index (χ0) is 13.8. The second kappa shape index (κ2) is 5.55. The molecule has 0 unspecified atom stereocenters. The van der Waals surface area contributed by atoms with E-state index in [1.165, 1.54) is 30.3 Å². The Morgan fingerprint density at radius 2 is 1.95 bits per heavy atom. The summed E-state index contributed by atoms with van der Waals surface area (Å²) in [5, 5.41) is 11.2. The van der Waals surface area contributed by atoms with E-state index in [1.54, 1.807) is 0 Å². The van der Waals surface area contributed by atoms with E-state index in [4.69, 9.17) is 5.21 Å². The first-order valence-corrected chi connectivity index (χ1v) is 5.44. The highest BCUT2D eigenvalue weighted by Crippen LogP contribution is 2.15.